The maximum absolute atomic E-state index is 2.41. The molecule has 3 aromatic carbocycles. The second-order valence-electron chi connectivity index (χ2n) is 7.16. The van der Waals surface area contributed by atoms with Crippen LogP contribution in [-0.4, -0.2) is 4.57 Å². The van der Waals surface area contributed by atoms with Gasteiger partial charge in [-0.3, -0.25) is 0 Å². The van der Waals surface area contributed by atoms with E-state index in [1.54, 1.807) is 0 Å². The monoisotopic (exact) mass is 329 g/mol. The average molecular weight is 329 g/mol. The molecule has 118 valence electrons. The first-order valence-corrected chi connectivity index (χ1v) is 9.18. The summed E-state index contributed by atoms with van der Waals surface area (Å²) in [6.07, 6.45) is 0. The minimum Gasteiger partial charge on any atom is -0.344 e. The third-order valence-corrected chi connectivity index (χ3v) is 6.60. The van der Waals surface area contributed by atoms with E-state index in [2.05, 4.69) is 86.1 Å². The number of nitrogens with zero attached hydrogens (tertiary/aromatic N) is 1. The number of aromatic nitrogens is 1. The third kappa shape index (κ3) is 1.72. The average Bonchev–Trinajstić information content (AvgIpc) is 2.87. The Balaban J connectivity index is 1.89. The zero-order chi connectivity index (χ0) is 16.5. The molecule has 0 aliphatic carbocycles. The van der Waals surface area contributed by atoms with E-state index in [9.17, 15) is 0 Å². The molecule has 2 heterocycles. The number of rotatable bonds is 0. The van der Waals surface area contributed by atoms with E-state index >= 15 is 0 Å². The molecule has 1 aliphatic heterocycles. The molecule has 1 aliphatic rings. The lowest BCUT2D eigenvalue weighted by molar-refractivity contribution is 0.608. The Morgan fingerprint density at radius 1 is 0.750 bits per heavy atom. The molecule has 0 saturated heterocycles. The molecule has 24 heavy (non-hydrogen) atoms. The number of hydrogen-bond acceptors (Lipinski definition) is 1. The Kier molecular flexibility index (Phi) is 2.76. The highest BCUT2D eigenvalue weighted by molar-refractivity contribution is 7.99. The summed E-state index contributed by atoms with van der Waals surface area (Å²) in [5.74, 6) is 0. The molecule has 0 unspecified atom stereocenters. The summed E-state index contributed by atoms with van der Waals surface area (Å²) in [6.45, 7) is 4.69. The molecule has 2 heteroatoms. The molecule has 0 bridgehead atoms. The van der Waals surface area contributed by atoms with E-state index in [0.29, 0.717) is 0 Å². The predicted molar refractivity (Wildman–Crippen MR) is 103 cm³/mol. The molecule has 0 amide bonds. The summed E-state index contributed by atoms with van der Waals surface area (Å²) in [6, 6.07) is 22.3. The maximum atomic E-state index is 2.41. The number of aryl methyl sites for hydroxylation is 1. The fourth-order valence-electron chi connectivity index (χ4n) is 4.09. The Morgan fingerprint density at radius 3 is 2.38 bits per heavy atom. The van der Waals surface area contributed by atoms with E-state index in [-0.39, 0.29) is 5.41 Å². The van der Waals surface area contributed by atoms with Gasteiger partial charge in [-0.1, -0.05) is 62.0 Å². The standard InChI is InChI=1S/C22H19NS/c1-22(2)16-9-5-7-11-20(16)24-21-12-15-14-8-4-6-10-18(14)23(3)19(15)13-17(21)22/h4-13H,1-3H3. The van der Waals surface area contributed by atoms with Crippen LogP contribution in [0.3, 0.4) is 0 Å². The van der Waals surface area contributed by atoms with Crippen molar-refractivity contribution >= 4 is 33.6 Å². The molecular formula is C22H19NS. The lowest BCUT2D eigenvalue weighted by Gasteiger charge is -2.34. The largest absolute Gasteiger partial charge is 0.344 e. The molecule has 0 radical (unpaired) electrons. The van der Waals surface area contributed by atoms with Gasteiger partial charge in [0.2, 0.25) is 0 Å². The fourth-order valence-corrected chi connectivity index (χ4v) is 5.51. The van der Waals surface area contributed by atoms with Gasteiger partial charge in [-0.05, 0) is 35.4 Å². The quantitative estimate of drug-likeness (QED) is 0.376. The predicted octanol–water partition coefficient (Wildman–Crippen LogP) is 6.12. The Labute approximate surface area is 146 Å². The highest BCUT2D eigenvalue weighted by Gasteiger charge is 2.33. The summed E-state index contributed by atoms with van der Waals surface area (Å²) >= 11 is 1.91. The van der Waals surface area contributed by atoms with Gasteiger partial charge in [-0.2, -0.15) is 0 Å². The summed E-state index contributed by atoms with van der Waals surface area (Å²) in [7, 11) is 2.17. The molecule has 5 rings (SSSR count). The SMILES string of the molecule is Cn1c2ccccc2c2cc3c(cc21)C(C)(C)c1ccccc1S3. The van der Waals surface area contributed by atoms with Gasteiger partial charge in [0.15, 0.2) is 0 Å². The van der Waals surface area contributed by atoms with Gasteiger partial charge in [0.1, 0.15) is 0 Å². The van der Waals surface area contributed by atoms with E-state index in [1.165, 1.54) is 42.7 Å². The molecule has 1 aromatic heterocycles. The van der Waals surface area contributed by atoms with Crippen LogP contribution in [0.4, 0.5) is 0 Å². The molecule has 0 atom stereocenters. The van der Waals surface area contributed by atoms with Gasteiger partial charge in [-0.25, -0.2) is 0 Å². The molecule has 0 fully saturated rings. The van der Waals surface area contributed by atoms with Gasteiger partial charge in [0.05, 0.1) is 0 Å². The van der Waals surface area contributed by atoms with Crippen molar-refractivity contribution in [1.82, 2.24) is 4.57 Å². The molecule has 1 nitrogen and oxygen atoms in total. The van der Waals surface area contributed by atoms with Crippen molar-refractivity contribution in [2.24, 2.45) is 7.05 Å². The Hall–Kier alpha value is -2.19. The van der Waals surface area contributed by atoms with Crippen LogP contribution in [0.25, 0.3) is 21.8 Å². The second-order valence-corrected chi connectivity index (χ2v) is 8.25. The van der Waals surface area contributed by atoms with Crippen molar-refractivity contribution in [1.29, 1.82) is 0 Å². The van der Waals surface area contributed by atoms with Gasteiger partial charge in [-0.15, -0.1) is 0 Å². The number of benzene rings is 3. The van der Waals surface area contributed by atoms with Crippen LogP contribution in [0, 0.1) is 0 Å². The minimum absolute atomic E-state index is 0.0296. The van der Waals surface area contributed by atoms with Crippen LogP contribution >= 0.6 is 11.8 Å². The summed E-state index contributed by atoms with van der Waals surface area (Å²) < 4.78 is 2.33. The van der Waals surface area contributed by atoms with Crippen LogP contribution in [0.15, 0.2) is 70.5 Å². The van der Waals surface area contributed by atoms with Gasteiger partial charge in [0.25, 0.3) is 0 Å². The minimum atomic E-state index is 0.0296. The van der Waals surface area contributed by atoms with Crippen LogP contribution in [0.1, 0.15) is 25.0 Å². The van der Waals surface area contributed by atoms with E-state index in [1.807, 2.05) is 11.8 Å². The molecular weight excluding hydrogens is 310 g/mol. The lowest BCUT2D eigenvalue weighted by Crippen LogP contribution is -2.23. The van der Waals surface area contributed by atoms with Crippen molar-refractivity contribution in [3.05, 3.63) is 71.8 Å². The zero-order valence-corrected chi connectivity index (χ0v) is 14.9. The number of fused-ring (bicyclic) bond motifs is 5. The summed E-state index contributed by atoms with van der Waals surface area (Å²) in [4.78, 5) is 2.78. The molecule has 0 saturated carbocycles. The summed E-state index contributed by atoms with van der Waals surface area (Å²) in [5.41, 5.74) is 5.52. The van der Waals surface area contributed by atoms with Crippen molar-refractivity contribution < 1.29 is 0 Å². The second kappa shape index (κ2) is 4.67. The Bertz CT molecular complexity index is 1120. The van der Waals surface area contributed by atoms with Gasteiger partial charge in [0, 0.05) is 44.1 Å². The summed E-state index contributed by atoms with van der Waals surface area (Å²) in [5, 5.41) is 2.70. The van der Waals surface area contributed by atoms with Crippen molar-refractivity contribution in [2.45, 2.75) is 29.1 Å². The normalized spacial score (nSPS) is 15.5. The van der Waals surface area contributed by atoms with Gasteiger partial charge >= 0.3 is 0 Å². The van der Waals surface area contributed by atoms with Crippen molar-refractivity contribution in [2.75, 3.05) is 0 Å². The third-order valence-electron chi connectivity index (χ3n) is 5.47. The smallest absolute Gasteiger partial charge is 0.0492 e. The van der Waals surface area contributed by atoms with Crippen LogP contribution < -0.4 is 0 Å². The highest BCUT2D eigenvalue weighted by Crippen LogP contribution is 2.50. The first-order chi connectivity index (χ1) is 11.6. The van der Waals surface area contributed by atoms with Gasteiger partial charge < -0.3 is 4.57 Å². The first kappa shape index (κ1) is 14.2. The van der Waals surface area contributed by atoms with E-state index in [0.717, 1.165) is 0 Å². The first-order valence-electron chi connectivity index (χ1n) is 8.36. The molecule has 0 N–H and O–H groups in total. The number of para-hydroxylation sites is 1. The topological polar surface area (TPSA) is 4.93 Å². The van der Waals surface area contributed by atoms with Crippen LogP contribution in [0.5, 0.6) is 0 Å². The fraction of sp³-hybridized carbons (Fsp3) is 0.182. The van der Waals surface area contributed by atoms with Crippen LogP contribution in [-0.2, 0) is 12.5 Å². The highest BCUT2D eigenvalue weighted by atomic mass is 32.2. The Morgan fingerprint density at radius 2 is 1.50 bits per heavy atom. The number of hydrogen-bond donors (Lipinski definition) is 0. The van der Waals surface area contributed by atoms with Crippen molar-refractivity contribution in [3.8, 4) is 0 Å². The molecule has 4 aromatic rings. The lowest BCUT2D eigenvalue weighted by atomic mass is 9.77. The van der Waals surface area contributed by atoms with E-state index in [4.69, 9.17) is 0 Å². The van der Waals surface area contributed by atoms with E-state index < -0.39 is 0 Å². The maximum Gasteiger partial charge on any atom is 0.0492 e. The zero-order valence-electron chi connectivity index (χ0n) is 14.1. The van der Waals surface area contributed by atoms with Crippen LogP contribution in [0.2, 0.25) is 0 Å². The van der Waals surface area contributed by atoms with Crippen molar-refractivity contribution in [3.63, 3.8) is 0 Å². The molecule has 0 spiro atoms.